The van der Waals surface area contributed by atoms with Crippen molar-refractivity contribution in [2.24, 2.45) is 17.2 Å². The zero-order valence-corrected chi connectivity index (χ0v) is 18.4. The molecule has 0 aliphatic rings. The molecule has 34 heavy (non-hydrogen) atoms. The van der Waals surface area contributed by atoms with Crippen molar-refractivity contribution in [3.63, 3.8) is 0 Å². The molecule has 0 aliphatic carbocycles. The second-order valence-electron chi connectivity index (χ2n) is 7.40. The number of nitrogens with one attached hydrogen (secondary N) is 3. The van der Waals surface area contributed by atoms with E-state index in [4.69, 9.17) is 22.3 Å². The Morgan fingerprint density at radius 3 is 1.76 bits per heavy atom. The minimum absolute atomic E-state index is 0.271. The van der Waals surface area contributed by atoms with E-state index >= 15 is 0 Å². The molecule has 5 atom stereocenters. The Morgan fingerprint density at radius 1 is 0.765 bits per heavy atom. The molecule has 0 saturated carbocycles. The van der Waals surface area contributed by atoms with Gasteiger partial charge in [-0.3, -0.25) is 28.8 Å². The lowest BCUT2D eigenvalue weighted by atomic mass is 10.1. The lowest BCUT2D eigenvalue weighted by Gasteiger charge is -2.26. The number of aliphatic hydroxyl groups is 1. The second kappa shape index (κ2) is 14.4. The number of carboxylic acid groups (broad SMARTS) is 2. The van der Waals surface area contributed by atoms with Gasteiger partial charge in [-0.25, -0.2) is 4.79 Å². The molecule has 12 N–H and O–H groups in total. The molecule has 0 aromatic heterocycles. The molecule has 0 fully saturated rings. The van der Waals surface area contributed by atoms with Crippen LogP contribution in [0.25, 0.3) is 0 Å². The second-order valence-corrected chi connectivity index (χ2v) is 7.40. The van der Waals surface area contributed by atoms with E-state index in [-0.39, 0.29) is 19.3 Å². The fourth-order valence-electron chi connectivity index (χ4n) is 2.56. The Hall–Kier alpha value is -3.79. The zero-order chi connectivity index (χ0) is 26.6. The zero-order valence-electron chi connectivity index (χ0n) is 18.4. The van der Waals surface area contributed by atoms with Crippen LogP contribution in [0.3, 0.4) is 0 Å². The molecule has 16 nitrogen and oxygen atoms in total. The van der Waals surface area contributed by atoms with E-state index in [2.05, 4.69) is 10.6 Å². The standard InChI is InChI=1S/C18H30N6O10/c1-7(25)14(17(32)22-9(18(33)34)3-4-11(20)26)24-16(31)10(6-12(21)27)23-15(30)8(19)2-5-13(28)29/h7-10,14,25H,2-6,19H2,1H3,(H2,20,26)(H2,21,27)(H,22,32)(H,23,30)(H,24,31)(H,28,29)(H,33,34). The van der Waals surface area contributed by atoms with E-state index in [9.17, 15) is 43.8 Å². The Kier molecular flexibility index (Phi) is 12.8. The van der Waals surface area contributed by atoms with Crippen molar-refractivity contribution in [1.29, 1.82) is 0 Å². The highest BCUT2D eigenvalue weighted by atomic mass is 16.4. The maximum Gasteiger partial charge on any atom is 0.326 e. The van der Waals surface area contributed by atoms with E-state index in [0.29, 0.717) is 0 Å². The van der Waals surface area contributed by atoms with Gasteiger partial charge < -0.3 is 48.5 Å². The third-order valence-corrected chi connectivity index (χ3v) is 4.40. The highest BCUT2D eigenvalue weighted by Gasteiger charge is 2.33. The van der Waals surface area contributed by atoms with Gasteiger partial charge in [-0.1, -0.05) is 0 Å². The first-order valence-corrected chi connectivity index (χ1v) is 10.0. The molecule has 192 valence electrons. The maximum absolute atomic E-state index is 12.6. The van der Waals surface area contributed by atoms with E-state index in [1.165, 1.54) is 0 Å². The molecular formula is C18H30N6O10. The van der Waals surface area contributed by atoms with Crippen LogP contribution in [-0.2, 0) is 33.6 Å². The molecule has 16 heteroatoms. The number of hydrogen-bond acceptors (Lipinski definition) is 9. The van der Waals surface area contributed by atoms with Gasteiger partial charge in [0.15, 0.2) is 0 Å². The molecule has 0 saturated heterocycles. The quantitative estimate of drug-likeness (QED) is 0.0988. The summed E-state index contributed by atoms with van der Waals surface area (Å²) in [5, 5.41) is 34.0. The molecule has 0 aromatic carbocycles. The molecule has 5 unspecified atom stereocenters. The number of aliphatic carboxylic acids is 2. The van der Waals surface area contributed by atoms with Crippen LogP contribution in [0.4, 0.5) is 0 Å². The molecular weight excluding hydrogens is 460 g/mol. The maximum atomic E-state index is 12.6. The first-order valence-electron chi connectivity index (χ1n) is 10.0. The summed E-state index contributed by atoms with van der Waals surface area (Å²) < 4.78 is 0. The minimum atomic E-state index is -1.73. The van der Waals surface area contributed by atoms with E-state index in [1.807, 2.05) is 5.32 Å². The van der Waals surface area contributed by atoms with Gasteiger partial charge in [0.05, 0.1) is 18.6 Å². The van der Waals surface area contributed by atoms with Gasteiger partial charge in [0.25, 0.3) is 0 Å². The normalized spacial score (nSPS) is 15.0. The topological polar surface area (TPSA) is 294 Å². The lowest BCUT2D eigenvalue weighted by molar-refractivity contribution is -0.143. The lowest BCUT2D eigenvalue weighted by Crippen LogP contribution is -2.60. The average molecular weight is 490 g/mol. The van der Waals surface area contributed by atoms with E-state index in [0.717, 1.165) is 6.92 Å². The van der Waals surface area contributed by atoms with Gasteiger partial charge in [-0.05, 0) is 19.8 Å². The summed E-state index contributed by atoms with van der Waals surface area (Å²) in [7, 11) is 0. The van der Waals surface area contributed by atoms with E-state index < -0.39 is 84.6 Å². The molecule has 0 radical (unpaired) electrons. The monoisotopic (exact) mass is 490 g/mol. The van der Waals surface area contributed by atoms with Gasteiger partial charge in [0.2, 0.25) is 29.5 Å². The summed E-state index contributed by atoms with van der Waals surface area (Å²) in [6.07, 6.45) is -3.72. The van der Waals surface area contributed by atoms with Crippen LogP contribution in [0.2, 0.25) is 0 Å². The Bertz CT molecular complexity index is 802. The van der Waals surface area contributed by atoms with Crippen molar-refractivity contribution in [3.8, 4) is 0 Å². The number of nitrogens with two attached hydrogens (primary N) is 3. The predicted octanol–water partition coefficient (Wildman–Crippen LogP) is -4.76. The number of amides is 5. The summed E-state index contributed by atoms with van der Waals surface area (Å²) in [4.78, 5) is 81.4. The number of carbonyl (C=O) groups is 7. The SMILES string of the molecule is CC(O)C(NC(=O)C(CC(N)=O)NC(=O)C(N)CCC(=O)O)C(=O)NC(CCC(N)=O)C(=O)O. The van der Waals surface area contributed by atoms with Crippen LogP contribution < -0.4 is 33.2 Å². The molecule has 0 spiro atoms. The molecule has 0 bridgehead atoms. The van der Waals surface area contributed by atoms with Gasteiger partial charge in [-0.2, -0.15) is 0 Å². The van der Waals surface area contributed by atoms with Gasteiger partial charge in [0, 0.05) is 12.8 Å². The minimum Gasteiger partial charge on any atom is -0.481 e. The third-order valence-electron chi connectivity index (χ3n) is 4.40. The van der Waals surface area contributed by atoms with Crippen LogP contribution >= 0.6 is 0 Å². The average Bonchev–Trinajstić information content (AvgIpc) is 2.71. The molecule has 5 amide bonds. The molecule has 0 rings (SSSR count). The van der Waals surface area contributed by atoms with Crippen LogP contribution in [0.15, 0.2) is 0 Å². The summed E-state index contributed by atoms with van der Waals surface area (Å²) in [5.41, 5.74) is 15.6. The van der Waals surface area contributed by atoms with Crippen molar-refractivity contribution < 1.29 is 48.9 Å². The highest BCUT2D eigenvalue weighted by molar-refractivity contribution is 5.96. The van der Waals surface area contributed by atoms with Crippen LogP contribution in [0, 0.1) is 0 Å². The van der Waals surface area contributed by atoms with Crippen molar-refractivity contribution in [2.75, 3.05) is 0 Å². The van der Waals surface area contributed by atoms with Crippen LogP contribution in [0.5, 0.6) is 0 Å². The highest BCUT2D eigenvalue weighted by Crippen LogP contribution is 2.03. The summed E-state index contributed by atoms with van der Waals surface area (Å²) >= 11 is 0. The predicted molar refractivity (Wildman–Crippen MR) is 112 cm³/mol. The van der Waals surface area contributed by atoms with Gasteiger partial charge in [-0.15, -0.1) is 0 Å². The van der Waals surface area contributed by atoms with Gasteiger partial charge in [0.1, 0.15) is 18.1 Å². The third kappa shape index (κ3) is 11.7. The molecule has 0 aromatic rings. The number of rotatable bonds is 16. The number of aliphatic hydroxyl groups excluding tert-OH is 1. The fraction of sp³-hybridized carbons (Fsp3) is 0.611. The van der Waals surface area contributed by atoms with Crippen LogP contribution in [-0.4, -0.2) is 87.1 Å². The van der Waals surface area contributed by atoms with Crippen molar-refractivity contribution in [1.82, 2.24) is 16.0 Å². The summed E-state index contributed by atoms with van der Waals surface area (Å²) in [6, 6.07) is -6.26. The summed E-state index contributed by atoms with van der Waals surface area (Å²) in [6.45, 7) is 1.10. The van der Waals surface area contributed by atoms with Crippen LogP contribution in [0.1, 0.15) is 39.0 Å². The number of primary amides is 2. The van der Waals surface area contributed by atoms with Crippen molar-refractivity contribution in [3.05, 3.63) is 0 Å². The number of carboxylic acids is 2. The Labute approximate surface area is 193 Å². The smallest absolute Gasteiger partial charge is 0.326 e. The van der Waals surface area contributed by atoms with Crippen molar-refractivity contribution in [2.45, 2.75) is 69.3 Å². The Morgan fingerprint density at radius 2 is 1.32 bits per heavy atom. The molecule has 0 heterocycles. The first-order chi connectivity index (χ1) is 15.6. The van der Waals surface area contributed by atoms with E-state index in [1.54, 1.807) is 0 Å². The largest absolute Gasteiger partial charge is 0.481 e. The van der Waals surface area contributed by atoms with Crippen molar-refractivity contribution >= 4 is 41.5 Å². The number of carbonyl (C=O) groups excluding carboxylic acids is 5. The van der Waals surface area contributed by atoms with Gasteiger partial charge >= 0.3 is 11.9 Å². The molecule has 0 aliphatic heterocycles. The Balaban J connectivity index is 5.42. The first kappa shape index (κ1) is 30.2. The number of hydrogen-bond donors (Lipinski definition) is 9. The summed E-state index contributed by atoms with van der Waals surface area (Å²) in [5.74, 6) is -7.79. The fourth-order valence-corrected chi connectivity index (χ4v) is 2.56.